The fraction of sp³-hybridized carbons (Fsp3) is 0.800. The van der Waals surface area contributed by atoms with E-state index in [2.05, 4.69) is 6.08 Å². The first-order valence-electron chi connectivity index (χ1n) is 4.55. The van der Waals surface area contributed by atoms with Crippen LogP contribution in [0.3, 0.4) is 0 Å². The van der Waals surface area contributed by atoms with Crippen molar-refractivity contribution in [3.8, 4) is 0 Å². The maximum Gasteiger partial charge on any atom is 0.0641 e. The second kappa shape index (κ2) is 3.58. The van der Waals surface area contributed by atoms with Crippen molar-refractivity contribution in [2.45, 2.75) is 38.7 Å². The van der Waals surface area contributed by atoms with E-state index in [-0.39, 0.29) is 6.61 Å². The van der Waals surface area contributed by atoms with Crippen molar-refractivity contribution < 1.29 is 10.2 Å². The van der Waals surface area contributed by atoms with Gasteiger partial charge >= 0.3 is 0 Å². The smallest absolute Gasteiger partial charge is 0.0641 e. The monoisotopic (exact) mass is 170 g/mol. The Balaban J connectivity index is 2.52. The summed E-state index contributed by atoms with van der Waals surface area (Å²) in [6.07, 6.45) is 4.90. The first kappa shape index (κ1) is 9.75. The van der Waals surface area contributed by atoms with E-state index in [4.69, 9.17) is 5.11 Å². The SMILES string of the molecule is CC(C)(O)[C@H]1CC=C(CO)CC1. The third kappa shape index (κ3) is 2.32. The molecule has 0 aromatic carbocycles. The van der Waals surface area contributed by atoms with E-state index in [1.807, 2.05) is 13.8 Å². The van der Waals surface area contributed by atoms with Gasteiger partial charge in [0.25, 0.3) is 0 Å². The molecule has 2 heteroatoms. The van der Waals surface area contributed by atoms with Gasteiger partial charge in [0.1, 0.15) is 0 Å². The van der Waals surface area contributed by atoms with Gasteiger partial charge in [0, 0.05) is 0 Å². The Labute approximate surface area is 73.9 Å². The second-order valence-electron chi connectivity index (χ2n) is 4.15. The number of rotatable bonds is 2. The molecule has 1 aliphatic rings. The average Bonchev–Trinajstić information content (AvgIpc) is 2.03. The van der Waals surface area contributed by atoms with Crippen LogP contribution in [0.15, 0.2) is 11.6 Å². The number of aliphatic hydroxyl groups is 2. The molecule has 0 amide bonds. The summed E-state index contributed by atoms with van der Waals surface area (Å²) in [5.74, 6) is 0.354. The molecule has 0 aliphatic heterocycles. The minimum absolute atomic E-state index is 0.179. The van der Waals surface area contributed by atoms with E-state index in [0.717, 1.165) is 24.8 Å². The van der Waals surface area contributed by atoms with Crippen molar-refractivity contribution in [1.82, 2.24) is 0 Å². The second-order valence-corrected chi connectivity index (χ2v) is 4.15. The zero-order valence-corrected chi connectivity index (χ0v) is 7.88. The van der Waals surface area contributed by atoms with Crippen LogP contribution in [-0.4, -0.2) is 22.4 Å². The molecule has 0 fully saturated rings. The van der Waals surface area contributed by atoms with E-state index in [1.165, 1.54) is 0 Å². The Hall–Kier alpha value is -0.340. The van der Waals surface area contributed by atoms with Crippen LogP contribution < -0.4 is 0 Å². The standard InChI is InChI=1S/C10H18O2/c1-10(2,12)9-5-3-8(7-11)4-6-9/h3,9,11-12H,4-7H2,1-2H3/t9-/m0/s1. The lowest BCUT2D eigenvalue weighted by Crippen LogP contribution is -2.31. The molecule has 0 bridgehead atoms. The lowest BCUT2D eigenvalue weighted by atomic mass is 9.80. The van der Waals surface area contributed by atoms with Crippen LogP contribution in [0.5, 0.6) is 0 Å². The summed E-state index contributed by atoms with van der Waals surface area (Å²) in [7, 11) is 0. The van der Waals surface area contributed by atoms with Gasteiger partial charge < -0.3 is 10.2 Å². The molecule has 0 saturated carbocycles. The number of aliphatic hydroxyl groups excluding tert-OH is 1. The highest BCUT2D eigenvalue weighted by Crippen LogP contribution is 2.31. The molecule has 12 heavy (non-hydrogen) atoms. The molecule has 70 valence electrons. The molecular weight excluding hydrogens is 152 g/mol. The zero-order chi connectivity index (χ0) is 9.19. The zero-order valence-electron chi connectivity index (χ0n) is 7.88. The molecule has 2 N–H and O–H groups in total. The van der Waals surface area contributed by atoms with Crippen LogP contribution in [0.1, 0.15) is 33.1 Å². The fourth-order valence-electron chi connectivity index (χ4n) is 1.67. The Bertz CT molecular complexity index is 177. The highest BCUT2D eigenvalue weighted by molar-refractivity contribution is 5.08. The van der Waals surface area contributed by atoms with Gasteiger partial charge in [0.05, 0.1) is 12.2 Å². The Kier molecular flexibility index (Phi) is 2.91. The summed E-state index contributed by atoms with van der Waals surface area (Å²) >= 11 is 0. The van der Waals surface area contributed by atoms with Crippen molar-refractivity contribution in [2.75, 3.05) is 6.61 Å². The molecule has 1 atom stereocenters. The van der Waals surface area contributed by atoms with Crippen LogP contribution in [-0.2, 0) is 0 Å². The van der Waals surface area contributed by atoms with Gasteiger partial charge in [-0.15, -0.1) is 0 Å². The van der Waals surface area contributed by atoms with Gasteiger partial charge in [-0.25, -0.2) is 0 Å². The lowest BCUT2D eigenvalue weighted by molar-refractivity contribution is 0.0121. The highest BCUT2D eigenvalue weighted by Gasteiger charge is 2.27. The van der Waals surface area contributed by atoms with E-state index in [1.54, 1.807) is 0 Å². The third-order valence-corrected chi connectivity index (χ3v) is 2.71. The van der Waals surface area contributed by atoms with Gasteiger partial charge in [-0.2, -0.15) is 0 Å². The normalized spacial score (nSPS) is 25.3. The van der Waals surface area contributed by atoms with E-state index >= 15 is 0 Å². The summed E-state index contributed by atoms with van der Waals surface area (Å²) in [5, 5.41) is 18.6. The van der Waals surface area contributed by atoms with E-state index < -0.39 is 5.60 Å². The summed E-state index contributed by atoms with van der Waals surface area (Å²) in [6, 6.07) is 0. The van der Waals surface area contributed by atoms with Crippen LogP contribution in [0.25, 0.3) is 0 Å². The number of allylic oxidation sites excluding steroid dienone is 1. The van der Waals surface area contributed by atoms with E-state index in [0.29, 0.717) is 5.92 Å². The average molecular weight is 170 g/mol. The molecule has 1 aliphatic carbocycles. The largest absolute Gasteiger partial charge is 0.392 e. The Morgan fingerprint density at radius 1 is 1.58 bits per heavy atom. The molecule has 0 unspecified atom stereocenters. The van der Waals surface area contributed by atoms with E-state index in [9.17, 15) is 5.11 Å². The topological polar surface area (TPSA) is 40.5 Å². The van der Waals surface area contributed by atoms with Crippen LogP contribution in [0, 0.1) is 5.92 Å². The van der Waals surface area contributed by atoms with Gasteiger partial charge in [-0.05, 0) is 44.6 Å². The molecule has 2 nitrogen and oxygen atoms in total. The molecule has 0 saturated heterocycles. The number of hydrogen-bond donors (Lipinski definition) is 2. The maximum absolute atomic E-state index is 9.71. The fourth-order valence-corrected chi connectivity index (χ4v) is 1.67. The number of hydrogen-bond acceptors (Lipinski definition) is 2. The van der Waals surface area contributed by atoms with Crippen molar-refractivity contribution in [1.29, 1.82) is 0 Å². The van der Waals surface area contributed by atoms with Gasteiger partial charge in [0.2, 0.25) is 0 Å². The Morgan fingerprint density at radius 3 is 2.58 bits per heavy atom. The molecule has 0 aromatic rings. The lowest BCUT2D eigenvalue weighted by Gasteiger charge is -2.31. The van der Waals surface area contributed by atoms with Gasteiger partial charge in [-0.3, -0.25) is 0 Å². The van der Waals surface area contributed by atoms with Gasteiger partial charge in [0.15, 0.2) is 0 Å². The minimum atomic E-state index is -0.572. The third-order valence-electron chi connectivity index (χ3n) is 2.71. The first-order valence-corrected chi connectivity index (χ1v) is 4.55. The molecule has 0 heterocycles. The molecule has 0 radical (unpaired) electrons. The molecule has 0 aromatic heterocycles. The van der Waals surface area contributed by atoms with Crippen molar-refractivity contribution in [3.05, 3.63) is 11.6 Å². The van der Waals surface area contributed by atoms with Crippen LogP contribution >= 0.6 is 0 Å². The van der Waals surface area contributed by atoms with Crippen molar-refractivity contribution in [3.63, 3.8) is 0 Å². The predicted molar refractivity (Wildman–Crippen MR) is 48.8 cm³/mol. The Morgan fingerprint density at radius 2 is 2.25 bits per heavy atom. The molecular formula is C10H18O2. The molecule has 1 rings (SSSR count). The van der Waals surface area contributed by atoms with Crippen molar-refractivity contribution >= 4 is 0 Å². The summed E-state index contributed by atoms with van der Waals surface area (Å²) in [6.45, 7) is 3.89. The minimum Gasteiger partial charge on any atom is -0.392 e. The summed E-state index contributed by atoms with van der Waals surface area (Å²) in [4.78, 5) is 0. The molecule has 0 spiro atoms. The van der Waals surface area contributed by atoms with Gasteiger partial charge in [-0.1, -0.05) is 6.08 Å². The summed E-state index contributed by atoms with van der Waals surface area (Å²) in [5.41, 5.74) is 0.549. The maximum atomic E-state index is 9.71. The predicted octanol–water partition coefficient (Wildman–Crippen LogP) is 1.48. The summed E-state index contributed by atoms with van der Waals surface area (Å²) < 4.78 is 0. The quantitative estimate of drug-likeness (QED) is 0.616. The van der Waals surface area contributed by atoms with Crippen LogP contribution in [0.2, 0.25) is 0 Å². The highest BCUT2D eigenvalue weighted by atomic mass is 16.3. The van der Waals surface area contributed by atoms with Crippen LogP contribution in [0.4, 0.5) is 0 Å². The van der Waals surface area contributed by atoms with Crippen molar-refractivity contribution in [2.24, 2.45) is 5.92 Å². The first-order chi connectivity index (χ1) is 5.54.